The number of aliphatic carboxylic acids is 2. The zero-order valence-electron chi connectivity index (χ0n) is 9.73. The van der Waals surface area contributed by atoms with E-state index in [0.29, 0.717) is 5.57 Å². The van der Waals surface area contributed by atoms with Crippen molar-refractivity contribution in [2.24, 2.45) is 0 Å². The molecule has 0 saturated carbocycles. The molecule has 3 N–H and O–H groups in total. The van der Waals surface area contributed by atoms with E-state index in [9.17, 15) is 9.59 Å². The number of carboxylic acids is 2. The van der Waals surface area contributed by atoms with Gasteiger partial charge < -0.3 is 15.5 Å². The topological polar surface area (TPSA) is 86.6 Å². The second-order valence-corrected chi connectivity index (χ2v) is 4.09. The van der Waals surface area contributed by atoms with Gasteiger partial charge in [0.25, 0.3) is 0 Å². The predicted octanol–water partition coefficient (Wildman–Crippen LogP) is 1.29. The molecule has 0 aliphatic carbocycles. The third kappa shape index (κ3) is 3.79. The van der Waals surface area contributed by atoms with Crippen molar-refractivity contribution in [2.75, 3.05) is 0 Å². The van der Waals surface area contributed by atoms with E-state index in [1.807, 2.05) is 19.9 Å². The number of nitrogens with one attached hydrogen (secondary N) is 1. The smallest absolute Gasteiger partial charge is 0.351 e. The largest absolute Gasteiger partial charge is 0.480 e. The van der Waals surface area contributed by atoms with Gasteiger partial charge in [-0.15, -0.1) is 0 Å². The van der Waals surface area contributed by atoms with E-state index < -0.39 is 18.0 Å². The summed E-state index contributed by atoms with van der Waals surface area (Å²) >= 11 is 0. The van der Waals surface area contributed by atoms with Crippen LogP contribution in [0.2, 0.25) is 0 Å². The molecule has 1 heterocycles. The summed E-state index contributed by atoms with van der Waals surface area (Å²) in [5.74, 6) is -2.21. The van der Waals surface area contributed by atoms with Crippen LogP contribution >= 0.6 is 0 Å². The molecule has 1 unspecified atom stereocenters. The molecule has 0 aromatic rings. The summed E-state index contributed by atoms with van der Waals surface area (Å²) in [5, 5.41) is 20.2. The predicted molar refractivity (Wildman–Crippen MR) is 62.4 cm³/mol. The van der Waals surface area contributed by atoms with Crippen molar-refractivity contribution in [3.8, 4) is 0 Å². The summed E-state index contributed by atoms with van der Waals surface area (Å²) in [7, 11) is 0. The van der Waals surface area contributed by atoms with Gasteiger partial charge in [-0.2, -0.15) is 0 Å². The molecule has 0 radical (unpaired) electrons. The molecule has 92 valence electrons. The van der Waals surface area contributed by atoms with Crippen molar-refractivity contribution in [1.82, 2.24) is 5.32 Å². The van der Waals surface area contributed by atoms with Gasteiger partial charge in [0.15, 0.2) is 0 Å². The number of hydrogen-bond acceptors (Lipinski definition) is 3. The Hall–Kier alpha value is -2.04. The number of rotatable bonds is 3. The fourth-order valence-corrected chi connectivity index (χ4v) is 1.42. The van der Waals surface area contributed by atoms with Gasteiger partial charge in [-0.1, -0.05) is 17.7 Å². The van der Waals surface area contributed by atoms with Crippen molar-refractivity contribution < 1.29 is 19.8 Å². The maximum atomic E-state index is 10.9. The summed E-state index contributed by atoms with van der Waals surface area (Å²) < 4.78 is 0. The molecule has 1 aliphatic rings. The molecule has 1 atom stereocenters. The average Bonchev–Trinajstić information content (AvgIpc) is 2.25. The molecule has 0 saturated heterocycles. The maximum Gasteiger partial charge on any atom is 0.351 e. The zero-order chi connectivity index (χ0) is 13.0. The summed E-state index contributed by atoms with van der Waals surface area (Å²) in [6.07, 6.45) is 5.31. The van der Waals surface area contributed by atoms with Gasteiger partial charge in [-0.05, 0) is 25.5 Å². The number of carbonyl (C=O) groups is 2. The molecule has 0 aromatic heterocycles. The second-order valence-electron chi connectivity index (χ2n) is 4.09. The van der Waals surface area contributed by atoms with Crippen molar-refractivity contribution in [3.05, 3.63) is 35.1 Å². The lowest BCUT2D eigenvalue weighted by atomic mass is 9.99. The Balaban J connectivity index is 3.01. The van der Waals surface area contributed by atoms with Gasteiger partial charge in [-0.3, -0.25) is 0 Å². The van der Waals surface area contributed by atoms with E-state index in [2.05, 4.69) is 5.32 Å². The van der Waals surface area contributed by atoms with E-state index >= 15 is 0 Å². The number of carboxylic acid groups (broad SMARTS) is 2. The Morgan fingerprint density at radius 2 is 2.06 bits per heavy atom. The fraction of sp³-hybridized carbons (Fsp3) is 0.333. The summed E-state index contributed by atoms with van der Waals surface area (Å²) in [6.45, 7) is 3.82. The standard InChI is InChI=1S/C12H15NO4/c1-7(2)3-4-8-5-9(11(14)15)13-10(6-8)12(16)17/h3-5,10,13H,6H2,1-2H3,(H,14,15)(H,16,17)/b8-4+. The third-order valence-corrected chi connectivity index (χ3v) is 2.26. The van der Waals surface area contributed by atoms with E-state index in [1.165, 1.54) is 6.08 Å². The zero-order valence-corrected chi connectivity index (χ0v) is 9.73. The Labute approximate surface area is 99.1 Å². The van der Waals surface area contributed by atoms with Crippen LogP contribution in [-0.2, 0) is 9.59 Å². The first kappa shape index (κ1) is 13.0. The molecule has 0 amide bonds. The summed E-state index contributed by atoms with van der Waals surface area (Å²) in [4.78, 5) is 21.7. The lowest BCUT2D eigenvalue weighted by molar-refractivity contribution is -0.139. The van der Waals surface area contributed by atoms with E-state index in [4.69, 9.17) is 10.2 Å². The van der Waals surface area contributed by atoms with Crippen molar-refractivity contribution in [2.45, 2.75) is 26.3 Å². The van der Waals surface area contributed by atoms with E-state index in [0.717, 1.165) is 5.57 Å². The van der Waals surface area contributed by atoms with Gasteiger partial charge in [0.05, 0.1) is 0 Å². The van der Waals surface area contributed by atoms with Crippen LogP contribution in [0.15, 0.2) is 35.1 Å². The first-order valence-corrected chi connectivity index (χ1v) is 5.18. The van der Waals surface area contributed by atoms with Gasteiger partial charge in [-0.25, -0.2) is 9.59 Å². The highest BCUT2D eigenvalue weighted by Gasteiger charge is 2.25. The minimum atomic E-state index is -1.15. The van der Waals surface area contributed by atoms with Crippen LogP contribution in [0.5, 0.6) is 0 Å². The second kappa shape index (κ2) is 5.34. The Kier molecular flexibility index (Phi) is 4.09. The SMILES string of the molecule is CC(C)=C/C=C1\C=C(C(=O)O)NC(C(=O)O)C1. The molecule has 5 nitrogen and oxygen atoms in total. The Bertz CT molecular complexity index is 428. The van der Waals surface area contributed by atoms with Crippen molar-refractivity contribution >= 4 is 11.9 Å². The van der Waals surface area contributed by atoms with E-state index in [-0.39, 0.29) is 12.1 Å². The number of allylic oxidation sites excluding steroid dienone is 4. The van der Waals surface area contributed by atoms with Crippen LogP contribution in [0.4, 0.5) is 0 Å². The monoisotopic (exact) mass is 237 g/mol. The molecular formula is C12H15NO4. The number of hydrogen-bond donors (Lipinski definition) is 3. The highest BCUT2D eigenvalue weighted by atomic mass is 16.4. The first-order chi connectivity index (χ1) is 7.90. The van der Waals surface area contributed by atoms with Crippen molar-refractivity contribution in [3.63, 3.8) is 0 Å². The molecule has 1 rings (SSSR count). The molecule has 0 fully saturated rings. The minimum absolute atomic E-state index is 0.0861. The highest BCUT2D eigenvalue weighted by molar-refractivity contribution is 5.89. The first-order valence-electron chi connectivity index (χ1n) is 5.18. The third-order valence-electron chi connectivity index (χ3n) is 2.26. The molecule has 0 aromatic carbocycles. The molecule has 1 aliphatic heterocycles. The van der Waals surface area contributed by atoms with Crippen LogP contribution in [-0.4, -0.2) is 28.2 Å². The van der Waals surface area contributed by atoms with Crippen LogP contribution in [0.1, 0.15) is 20.3 Å². The lowest BCUT2D eigenvalue weighted by Crippen LogP contribution is -2.40. The highest BCUT2D eigenvalue weighted by Crippen LogP contribution is 2.17. The van der Waals surface area contributed by atoms with E-state index in [1.54, 1.807) is 6.08 Å². The Morgan fingerprint density at radius 1 is 1.41 bits per heavy atom. The van der Waals surface area contributed by atoms with Crippen LogP contribution in [0.25, 0.3) is 0 Å². The Morgan fingerprint density at radius 3 is 2.53 bits per heavy atom. The van der Waals surface area contributed by atoms with Crippen LogP contribution in [0.3, 0.4) is 0 Å². The maximum absolute atomic E-state index is 10.9. The molecular weight excluding hydrogens is 222 g/mol. The quantitative estimate of drug-likeness (QED) is 0.688. The average molecular weight is 237 g/mol. The normalized spacial score (nSPS) is 21.4. The fourth-order valence-electron chi connectivity index (χ4n) is 1.42. The van der Waals surface area contributed by atoms with Gasteiger partial charge in [0.1, 0.15) is 11.7 Å². The summed E-state index contributed by atoms with van der Waals surface area (Å²) in [6, 6.07) is -0.886. The molecule has 5 heteroatoms. The minimum Gasteiger partial charge on any atom is -0.480 e. The van der Waals surface area contributed by atoms with Crippen molar-refractivity contribution in [1.29, 1.82) is 0 Å². The molecule has 17 heavy (non-hydrogen) atoms. The van der Waals surface area contributed by atoms with Crippen LogP contribution in [0, 0.1) is 0 Å². The van der Waals surface area contributed by atoms with Gasteiger partial charge in [0.2, 0.25) is 0 Å². The lowest BCUT2D eigenvalue weighted by Gasteiger charge is -2.21. The van der Waals surface area contributed by atoms with Gasteiger partial charge in [0, 0.05) is 6.42 Å². The summed E-state index contributed by atoms with van der Waals surface area (Å²) in [5.41, 5.74) is 1.67. The van der Waals surface area contributed by atoms with Gasteiger partial charge >= 0.3 is 11.9 Å². The molecule has 0 spiro atoms. The van der Waals surface area contributed by atoms with Crippen LogP contribution < -0.4 is 5.32 Å². The molecule has 0 bridgehead atoms.